The monoisotopic (exact) mass is 569 g/mol. The van der Waals surface area contributed by atoms with Gasteiger partial charge in [-0.05, 0) is 98.6 Å². The fourth-order valence-corrected chi connectivity index (χ4v) is 6.61. The van der Waals surface area contributed by atoms with Crippen molar-refractivity contribution < 1.29 is 41.0 Å². The largest absolute Gasteiger partial charge is 0.487 e. The predicted molar refractivity (Wildman–Crippen MR) is 137 cm³/mol. The van der Waals surface area contributed by atoms with Crippen molar-refractivity contribution in [2.24, 2.45) is 11.8 Å². The molecule has 0 aromatic heterocycles. The van der Waals surface area contributed by atoms with E-state index in [0.29, 0.717) is 49.8 Å². The Kier molecular flexibility index (Phi) is 7.28. The maximum absolute atomic E-state index is 13.7. The Hall–Kier alpha value is -2.91. The molecule has 0 radical (unpaired) electrons. The smallest absolute Gasteiger partial charge is 0.418 e. The zero-order chi connectivity index (χ0) is 29.0. The molecule has 0 unspecified atom stereocenters. The molecule has 0 saturated heterocycles. The molecule has 40 heavy (non-hydrogen) atoms. The van der Waals surface area contributed by atoms with Gasteiger partial charge in [-0.2, -0.15) is 26.3 Å². The summed E-state index contributed by atoms with van der Waals surface area (Å²) in [5.74, 6) is -0.375. The van der Waals surface area contributed by atoms with Gasteiger partial charge in [0.2, 0.25) is 0 Å². The first kappa shape index (κ1) is 28.6. The van der Waals surface area contributed by atoms with Crippen molar-refractivity contribution in [1.82, 2.24) is 0 Å². The minimum absolute atomic E-state index is 0.0936. The SMILES string of the molecule is C[C@H](C(=O)O)[C@H](c1ccc2c(c1)OC1(CC2)CCC(N(C)c2cc(C(F)(F)F)ccc2C(F)(F)F)CC1)C1CC1. The van der Waals surface area contributed by atoms with Gasteiger partial charge in [0.1, 0.15) is 11.4 Å². The van der Waals surface area contributed by atoms with Crippen LogP contribution in [-0.2, 0) is 23.6 Å². The third-order valence-corrected chi connectivity index (χ3v) is 9.14. The quantitative estimate of drug-likeness (QED) is 0.358. The Morgan fingerprint density at radius 1 is 0.975 bits per heavy atom. The average molecular weight is 570 g/mol. The second-order valence-electron chi connectivity index (χ2n) is 11.7. The molecule has 5 rings (SSSR count). The number of carboxylic acids is 1. The molecule has 4 nitrogen and oxygen atoms in total. The molecule has 2 atom stereocenters. The first-order chi connectivity index (χ1) is 18.7. The van der Waals surface area contributed by atoms with Crippen molar-refractivity contribution in [3.63, 3.8) is 0 Å². The summed E-state index contributed by atoms with van der Waals surface area (Å²) in [5, 5.41) is 9.64. The van der Waals surface area contributed by atoms with Crippen LogP contribution >= 0.6 is 0 Å². The third-order valence-electron chi connectivity index (χ3n) is 9.14. The van der Waals surface area contributed by atoms with Gasteiger partial charge in [-0.3, -0.25) is 4.79 Å². The van der Waals surface area contributed by atoms with Crippen LogP contribution in [0.3, 0.4) is 0 Å². The van der Waals surface area contributed by atoms with E-state index in [9.17, 15) is 36.2 Å². The number of rotatable bonds is 6. The molecular weight excluding hydrogens is 536 g/mol. The Balaban J connectivity index is 1.33. The lowest BCUT2D eigenvalue weighted by molar-refractivity contribution is -0.142. The molecule has 2 saturated carbocycles. The van der Waals surface area contributed by atoms with Crippen LogP contribution in [0.25, 0.3) is 0 Å². The first-order valence-corrected chi connectivity index (χ1v) is 13.7. The van der Waals surface area contributed by atoms with E-state index in [1.54, 1.807) is 6.92 Å². The maximum atomic E-state index is 13.7. The number of carboxylic acid groups (broad SMARTS) is 1. The summed E-state index contributed by atoms with van der Waals surface area (Å²) in [6.45, 7) is 1.74. The minimum Gasteiger partial charge on any atom is -0.487 e. The molecule has 10 heteroatoms. The van der Waals surface area contributed by atoms with Crippen molar-refractivity contribution in [1.29, 1.82) is 0 Å². The summed E-state index contributed by atoms with van der Waals surface area (Å²) in [6.07, 6.45) is -3.96. The number of alkyl halides is 6. The summed E-state index contributed by atoms with van der Waals surface area (Å²) in [7, 11) is 1.43. The Labute approximate surface area is 229 Å². The third kappa shape index (κ3) is 5.63. The highest BCUT2D eigenvalue weighted by atomic mass is 19.4. The molecule has 3 aliphatic rings. The van der Waals surface area contributed by atoms with Crippen LogP contribution in [-0.4, -0.2) is 29.8 Å². The van der Waals surface area contributed by atoms with Gasteiger partial charge in [0.05, 0.1) is 17.0 Å². The second kappa shape index (κ2) is 10.2. The maximum Gasteiger partial charge on any atom is 0.418 e. The van der Waals surface area contributed by atoms with Crippen molar-refractivity contribution in [3.8, 4) is 5.75 Å². The fourth-order valence-electron chi connectivity index (χ4n) is 6.61. The summed E-state index contributed by atoms with van der Waals surface area (Å²) in [6, 6.07) is 7.18. The normalized spacial score (nSPS) is 24.6. The van der Waals surface area contributed by atoms with E-state index in [1.165, 1.54) is 11.9 Å². The van der Waals surface area contributed by atoms with Crippen LogP contribution in [0.4, 0.5) is 32.0 Å². The number of anilines is 1. The Morgan fingerprint density at radius 3 is 2.23 bits per heavy atom. The van der Waals surface area contributed by atoms with Crippen molar-refractivity contribution in [2.75, 3.05) is 11.9 Å². The number of carbonyl (C=O) groups is 1. The van der Waals surface area contributed by atoms with E-state index < -0.39 is 46.7 Å². The van der Waals surface area contributed by atoms with Gasteiger partial charge in [0.25, 0.3) is 0 Å². The van der Waals surface area contributed by atoms with Gasteiger partial charge in [-0.25, -0.2) is 0 Å². The van der Waals surface area contributed by atoms with Crippen LogP contribution in [0.15, 0.2) is 36.4 Å². The van der Waals surface area contributed by atoms with Crippen molar-refractivity contribution in [3.05, 3.63) is 58.7 Å². The summed E-state index contributed by atoms with van der Waals surface area (Å²) >= 11 is 0. The first-order valence-electron chi connectivity index (χ1n) is 13.7. The number of aryl methyl sites for hydroxylation is 1. The molecule has 1 N–H and O–H groups in total. The van der Waals surface area contributed by atoms with Crippen LogP contribution in [0, 0.1) is 11.8 Å². The topological polar surface area (TPSA) is 49.8 Å². The number of halogens is 6. The van der Waals surface area contributed by atoms with Gasteiger partial charge in [0, 0.05) is 18.8 Å². The zero-order valence-electron chi connectivity index (χ0n) is 22.4. The fraction of sp³-hybridized carbons (Fsp3) is 0.567. The van der Waals surface area contributed by atoms with Gasteiger partial charge < -0.3 is 14.7 Å². The molecule has 2 fully saturated rings. The molecule has 2 aliphatic carbocycles. The van der Waals surface area contributed by atoms with E-state index >= 15 is 0 Å². The Morgan fingerprint density at radius 2 is 1.65 bits per heavy atom. The van der Waals surface area contributed by atoms with Crippen LogP contribution in [0.2, 0.25) is 0 Å². The lowest BCUT2D eigenvalue weighted by Crippen LogP contribution is -2.47. The summed E-state index contributed by atoms with van der Waals surface area (Å²) in [5.41, 5.74) is -1.17. The van der Waals surface area contributed by atoms with Crippen LogP contribution < -0.4 is 9.64 Å². The number of fused-ring (bicyclic) bond motifs is 1. The van der Waals surface area contributed by atoms with E-state index in [2.05, 4.69) is 0 Å². The Bertz CT molecular complexity index is 1260. The predicted octanol–water partition coefficient (Wildman–Crippen LogP) is 8.08. The van der Waals surface area contributed by atoms with E-state index in [1.807, 2.05) is 18.2 Å². The number of hydrogen-bond acceptors (Lipinski definition) is 3. The number of hydrogen-bond donors (Lipinski definition) is 1. The van der Waals surface area contributed by atoms with Gasteiger partial charge in [-0.1, -0.05) is 19.1 Å². The highest BCUT2D eigenvalue weighted by Crippen LogP contribution is 2.50. The van der Waals surface area contributed by atoms with Crippen LogP contribution in [0.1, 0.15) is 80.0 Å². The van der Waals surface area contributed by atoms with E-state index in [-0.39, 0.29) is 12.0 Å². The minimum atomic E-state index is -4.78. The highest BCUT2D eigenvalue weighted by Gasteiger charge is 2.44. The standard InChI is InChI=1S/C30H33F6NO3/c1-17(27(38)39)26(19-4-5-19)20-6-3-18-9-12-28(40-25(18)15-20)13-10-22(11-14-28)37(2)24-16-21(29(31,32)33)7-8-23(24)30(34,35)36/h3,6-8,15-17,19,22,26H,4-5,9-14H2,1-2H3,(H,38,39)/t17-,22?,26-,28?/m0/s1. The molecule has 1 heterocycles. The average Bonchev–Trinajstić information content (AvgIpc) is 3.72. The summed E-state index contributed by atoms with van der Waals surface area (Å²) < 4.78 is 87.7. The molecule has 1 spiro atoms. The molecule has 0 amide bonds. The van der Waals surface area contributed by atoms with Crippen molar-refractivity contribution in [2.45, 2.75) is 88.2 Å². The van der Waals surface area contributed by atoms with Gasteiger partial charge in [0.15, 0.2) is 0 Å². The van der Waals surface area contributed by atoms with E-state index in [0.717, 1.165) is 42.6 Å². The molecule has 2 aromatic carbocycles. The van der Waals surface area contributed by atoms with Crippen LogP contribution in [0.5, 0.6) is 5.75 Å². The van der Waals surface area contributed by atoms with Gasteiger partial charge in [-0.15, -0.1) is 0 Å². The molecule has 218 valence electrons. The molecule has 1 aliphatic heterocycles. The zero-order valence-corrected chi connectivity index (χ0v) is 22.4. The number of benzene rings is 2. The lowest BCUT2D eigenvalue weighted by Gasteiger charge is -2.46. The lowest BCUT2D eigenvalue weighted by atomic mass is 9.76. The summed E-state index contributed by atoms with van der Waals surface area (Å²) in [4.78, 5) is 13.1. The molecular formula is C30H33F6NO3. The van der Waals surface area contributed by atoms with E-state index in [4.69, 9.17) is 4.74 Å². The highest BCUT2D eigenvalue weighted by molar-refractivity contribution is 5.71. The van der Waals surface area contributed by atoms with Gasteiger partial charge >= 0.3 is 18.3 Å². The molecule has 2 aromatic rings. The number of aliphatic carboxylic acids is 1. The number of nitrogens with zero attached hydrogens (tertiary/aromatic N) is 1. The second-order valence-corrected chi connectivity index (χ2v) is 11.7. The molecule has 0 bridgehead atoms. The number of ether oxygens (including phenoxy) is 1. The van der Waals surface area contributed by atoms with Crippen molar-refractivity contribution >= 4 is 11.7 Å².